The number of nitrogen functional groups attached to an aromatic ring is 2. The molecule has 0 aliphatic carbocycles. The maximum atomic E-state index is 11.8. The first-order chi connectivity index (χ1) is 9.60. The Hall–Kier alpha value is -1.89. The molecule has 0 spiro atoms. The molecule has 1 fully saturated rings. The second-order valence-electron chi connectivity index (χ2n) is 4.96. The molecule has 1 unspecified atom stereocenters. The van der Waals surface area contributed by atoms with E-state index in [2.05, 4.69) is 14.9 Å². The molecule has 0 aromatic carbocycles. The van der Waals surface area contributed by atoms with Crippen LogP contribution < -0.4 is 11.5 Å². The molecule has 0 bridgehead atoms. The van der Waals surface area contributed by atoms with Crippen molar-refractivity contribution in [1.29, 1.82) is 0 Å². The molecule has 1 atom stereocenters. The fourth-order valence-corrected chi connectivity index (χ4v) is 2.45. The molecule has 0 radical (unpaired) electrons. The number of likely N-dealkylation sites (tertiary alicyclic amines) is 1. The van der Waals surface area contributed by atoms with Crippen LogP contribution in [0.25, 0.3) is 0 Å². The van der Waals surface area contributed by atoms with Gasteiger partial charge in [-0.3, -0.25) is 9.69 Å². The van der Waals surface area contributed by atoms with E-state index in [0.29, 0.717) is 25.5 Å². The van der Waals surface area contributed by atoms with E-state index in [4.69, 9.17) is 16.2 Å². The number of rotatable bonds is 4. The van der Waals surface area contributed by atoms with Gasteiger partial charge >= 0.3 is 5.97 Å². The van der Waals surface area contributed by atoms with E-state index >= 15 is 0 Å². The van der Waals surface area contributed by atoms with Crippen LogP contribution in [0.4, 0.5) is 11.8 Å². The average Bonchev–Trinajstić information content (AvgIpc) is 2.43. The number of carbonyl (C=O) groups is 1. The standard InChI is InChI=1S/C13H21N5O2/c1-2-20-12(19)9-4-3-5-18(7-9)8-10-6-16-13(15)17-11(10)14/h6,9H,2-5,7-8H2,1H3,(H4,14,15,16,17). The number of carbonyl (C=O) groups excluding carboxylic acids is 1. The minimum absolute atomic E-state index is 0.0559. The van der Waals surface area contributed by atoms with Gasteiger partial charge in [-0.05, 0) is 26.3 Å². The van der Waals surface area contributed by atoms with Crippen molar-refractivity contribution in [3.05, 3.63) is 11.8 Å². The average molecular weight is 279 g/mol. The van der Waals surface area contributed by atoms with Gasteiger partial charge in [0.25, 0.3) is 0 Å². The number of ether oxygens (including phenoxy) is 1. The number of piperidine rings is 1. The number of hydrogen-bond donors (Lipinski definition) is 2. The monoisotopic (exact) mass is 279 g/mol. The quantitative estimate of drug-likeness (QED) is 0.769. The van der Waals surface area contributed by atoms with Crippen LogP contribution in [0.3, 0.4) is 0 Å². The Balaban J connectivity index is 1.97. The van der Waals surface area contributed by atoms with E-state index in [0.717, 1.165) is 24.9 Å². The number of aromatic nitrogens is 2. The zero-order valence-corrected chi connectivity index (χ0v) is 11.7. The summed E-state index contributed by atoms with van der Waals surface area (Å²) < 4.78 is 5.09. The summed E-state index contributed by atoms with van der Waals surface area (Å²) in [5.41, 5.74) is 12.1. The molecule has 0 amide bonds. The number of nitrogens with zero attached hydrogens (tertiary/aromatic N) is 3. The predicted octanol–water partition coefficient (Wildman–Crippen LogP) is 0.416. The lowest BCUT2D eigenvalue weighted by atomic mass is 9.98. The highest BCUT2D eigenvalue weighted by Crippen LogP contribution is 2.21. The van der Waals surface area contributed by atoms with E-state index in [1.54, 1.807) is 6.20 Å². The summed E-state index contributed by atoms with van der Waals surface area (Å²) in [5, 5.41) is 0. The van der Waals surface area contributed by atoms with Gasteiger partial charge in [0.15, 0.2) is 0 Å². The lowest BCUT2D eigenvalue weighted by molar-refractivity contribution is -0.150. The minimum atomic E-state index is -0.112. The van der Waals surface area contributed by atoms with Gasteiger partial charge in [0.1, 0.15) is 5.82 Å². The Bertz CT molecular complexity index is 480. The van der Waals surface area contributed by atoms with E-state index in [9.17, 15) is 4.79 Å². The van der Waals surface area contributed by atoms with Crippen molar-refractivity contribution in [1.82, 2.24) is 14.9 Å². The SMILES string of the molecule is CCOC(=O)C1CCCN(Cc2cnc(N)nc2N)C1. The van der Waals surface area contributed by atoms with Crippen LogP contribution in [-0.2, 0) is 16.1 Å². The molecule has 4 N–H and O–H groups in total. The molecule has 1 saturated heterocycles. The zero-order valence-electron chi connectivity index (χ0n) is 11.7. The van der Waals surface area contributed by atoms with Gasteiger partial charge in [-0.15, -0.1) is 0 Å². The Kier molecular flexibility index (Phi) is 4.73. The molecule has 1 aromatic heterocycles. The molecule has 1 aliphatic rings. The molecule has 20 heavy (non-hydrogen) atoms. The summed E-state index contributed by atoms with van der Waals surface area (Å²) in [4.78, 5) is 21.9. The Morgan fingerprint density at radius 3 is 3.05 bits per heavy atom. The van der Waals surface area contributed by atoms with Crippen molar-refractivity contribution in [3.8, 4) is 0 Å². The van der Waals surface area contributed by atoms with E-state index in [1.165, 1.54) is 0 Å². The highest BCUT2D eigenvalue weighted by Gasteiger charge is 2.27. The van der Waals surface area contributed by atoms with Crippen LogP contribution in [0.15, 0.2) is 6.20 Å². The summed E-state index contributed by atoms with van der Waals surface area (Å²) >= 11 is 0. The molecule has 1 aromatic rings. The lowest BCUT2D eigenvalue weighted by Gasteiger charge is -2.31. The highest BCUT2D eigenvalue weighted by atomic mass is 16.5. The third-order valence-corrected chi connectivity index (χ3v) is 3.44. The maximum absolute atomic E-state index is 11.8. The molecule has 7 heteroatoms. The Labute approximate surface area is 118 Å². The van der Waals surface area contributed by atoms with Crippen LogP contribution in [0.1, 0.15) is 25.3 Å². The summed E-state index contributed by atoms with van der Waals surface area (Å²) in [5.74, 6) is 0.406. The molecular weight excluding hydrogens is 258 g/mol. The summed E-state index contributed by atoms with van der Waals surface area (Å²) in [6.45, 7) is 4.49. The summed E-state index contributed by atoms with van der Waals surface area (Å²) in [6.07, 6.45) is 3.49. The van der Waals surface area contributed by atoms with Gasteiger partial charge in [0.05, 0.1) is 12.5 Å². The molecule has 0 saturated carbocycles. The van der Waals surface area contributed by atoms with Crippen molar-refractivity contribution in [2.45, 2.75) is 26.3 Å². The summed E-state index contributed by atoms with van der Waals surface area (Å²) in [7, 11) is 0. The number of hydrogen-bond acceptors (Lipinski definition) is 7. The Morgan fingerprint density at radius 1 is 1.55 bits per heavy atom. The third-order valence-electron chi connectivity index (χ3n) is 3.44. The largest absolute Gasteiger partial charge is 0.466 e. The van der Waals surface area contributed by atoms with Crippen molar-refractivity contribution in [3.63, 3.8) is 0 Å². The van der Waals surface area contributed by atoms with Gasteiger partial charge in [-0.2, -0.15) is 4.98 Å². The van der Waals surface area contributed by atoms with Crippen LogP contribution in [0, 0.1) is 5.92 Å². The van der Waals surface area contributed by atoms with E-state index < -0.39 is 0 Å². The van der Waals surface area contributed by atoms with Crippen LogP contribution in [-0.4, -0.2) is 40.5 Å². The normalized spacial score (nSPS) is 19.8. The first kappa shape index (κ1) is 14.5. The van der Waals surface area contributed by atoms with Crippen LogP contribution in [0.2, 0.25) is 0 Å². The molecular formula is C13H21N5O2. The number of nitrogens with two attached hydrogens (primary N) is 2. The smallest absolute Gasteiger partial charge is 0.310 e. The van der Waals surface area contributed by atoms with Gasteiger partial charge in [0, 0.05) is 24.8 Å². The zero-order chi connectivity index (χ0) is 14.5. The second-order valence-corrected chi connectivity index (χ2v) is 4.96. The van der Waals surface area contributed by atoms with Gasteiger partial charge < -0.3 is 16.2 Å². The first-order valence-corrected chi connectivity index (χ1v) is 6.86. The third kappa shape index (κ3) is 3.57. The number of anilines is 2. The molecule has 7 nitrogen and oxygen atoms in total. The van der Waals surface area contributed by atoms with Crippen molar-refractivity contribution in [2.75, 3.05) is 31.2 Å². The molecule has 2 heterocycles. The van der Waals surface area contributed by atoms with Crippen molar-refractivity contribution in [2.24, 2.45) is 5.92 Å². The summed E-state index contributed by atoms with van der Waals surface area (Å²) in [6, 6.07) is 0. The first-order valence-electron chi connectivity index (χ1n) is 6.86. The predicted molar refractivity (Wildman–Crippen MR) is 75.5 cm³/mol. The van der Waals surface area contributed by atoms with Crippen LogP contribution >= 0.6 is 0 Å². The molecule has 1 aliphatic heterocycles. The minimum Gasteiger partial charge on any atom is -0.466 e. The van der Waals surface area contributed by atoms with Crippen molar-refractivity contribution < 1.29 is 9.53 Å². The molecule has 2 rings (SSSR count). The van der Waals surface area contributed by atoms with E-state index in [-0.39, 0.29) is 17.8 Å². The Morgan fingerprint density at radius 2 is 2.35 bits per heavy atom. The van der Waals surface area contributed by atoms with Gasteiger partial charge in [-0.25, -0.2) is 4.98 Å². The second kappa shape index (κ2) is 6.51. The lowest BCUT2D eigenvalue weighted by Crippen LogP contribution is -2.39. The fraction of sp³-hybridized carbons (Fsp3) is 0.615. The maximum Gasteiger partial charge on any atom is 0.310 e. The van der Waals surface area contributed by atoms with E-state index in [1.807, 2.05) is 6.92 Å². The molecule has 110 valence electrons. The number of esters is 1. The van der Waals surface area contributed by atoms with Crippen LogP contribution in [0.5, 0.6) is 0 Å². The van der Waals surface area contributed by atoms with Gasteiger partial charge in [0.2, 0.25) is 5.95 Å². The highest BCUT2D eigenvalue weighted by molar-refractivity contribution is 5.72. The van der Waals surface area contributed by atoms with Gasteiger partial charge in [-0.1, -0.05) is 0 Å². The topological polar surface area (TPSA) is 107 Å². The fourth-order valence-electron chi connectivity index (χ4n) is 2.45. The van der Waals surface area contributed by atoms with Crippen molar-refractivity contribution >= 4 is 17.7 Å².